The van der Waals surface area contributed by atoms with Crippen molar-refractivity contribution in [1.29, 1.82) is 0 Å². The Morgan fingerprint density at radius 3 is 1.79 bits per heavy atom. The second kappa shape index (κ2) is 28.8. The third-order valence-electron chi connectivity index (χ3n) is 17.7. The molecule has 2 aromatic carbocycles. The molecule has 0 spiro atoms. The fourth-order valence-corrected chi connectivity index (χ4v) is 13.5. The van der Waals surface area contributed by atoms with E-state index in [9.17, 15) is 58.5 Å². The average molecular weight is 1180 g/mol. The van der Waals surface area contributed by atoms with Crippen molar-refractivity contribution in [3.63, 3.8) is 0 Å². The largest absolute Gasteiger partial charge is 0.480 e. The van der Waals surface area contributed by atoms with Gasteiger partial charge in [-0.1, -0.05) is 61.4 Å². The van der Waals surface area contributed by atoms with E-state index >= 15 is 0 Å². The van der Waals surface area contributed by atoms with Crippen molar-refractivity contribution in [1.82, 2.24) is 41.3 Å². The highest BCUT2D eigenvalue weighted by Gasteiger charge is 2.51. The topological polar surface area (TPSA) is 439 Å². The summed E-state index contributed by atoms with van der Waals surface area (Å²) in [7, 11) is 0. The van der Waals surface area contributed by atoms with E-state index in [2.05, 4.69) is 36.6 Å². The van der Waals surface area contributed by atoms with Gasteiger partial charge >= 0.3 is 5.97 Å². The Labute approximate surface area is 493 Å². The number of fused-ring (bicyclic) bond motifs is 3. The second-order valence-corrected chi connectivity index (χ2v) is 23.5. The summed E-state index contributed by atoms with van der Waals surface area (Å²) in [5.74, 6) is -8.10. The zero-order chi connectivity index (χ0) is 61.1. The number of hydrogen-bond donors (Lipinski definition) is 13. The van der Waals surface area contributed by atoms with E-state index in [1.54, 1.807) is 0 Å². The van der Waals surface area contributed by atoms with Crippen molar-refractivity contribution < 1.29 is 58.5 Å². The average Bonchev–Trinajstić information content (AvgIpc) is 4.09. The molecule has 3 aliphatic carbocycles. The first-order valence-electron chi connectivity index (χ1n) is 29.7. The Morgan fingerprint density at radius 1 is 0.624 bits per heavy atom. The van der Waals surface area contributed by atoms with Gasteiger partial charge in [-0.05, 0) is 123 Å². The van der Waals surface area contributed by atoms with Crippen LogP contribution in [0.25, 0.3) is 0 Å². The number of benzene rings is 2. The number of amides is 8. The van der Waals surface area contributed by atoms with Crippen molar-refractivity contribution >= 4 is 65.1 Å². The van der Waals surface area contributed by atoms with Crippen LogP contribution in [0.1, 0.15) is 99.3 Å². The smallest absolute Gasteiger partial charge is 0.326 e. The summed E-state index contributed by atoms with van der Waals surface area (Å²) in [6.45, 7) is -1.33. The first kappa shape index (κ1) is 63.1. The van der Waals surface area contributed by atoms with Crippen molar-refractivity contribution in [2.75, 3.05) is 39.3 Å². The van der Waals surface area contributed by atoms with Crippen LogP contribution >= 0.6 is 0 Å². The van der Waals surface area contributed by atoms with Crippen LogP contribution in [0, 0.1) is 17.8 Å². The summed E-state index contributed by atoms with van der Waals surface area (Å²) in [6, 6.07) is 5.08. The second-order valence-electron chi connectivity index (χ2n) is 23.5. The van der Waals surface area contributed by atoms with Crippen molar-refractivity contribution in [2.24, 2.45) is 56.4 Å². The van der Waals surface area contributed by atoms with Crippen molar-refractivity contribution in [2.45, 2.75) is 163 Å². The molecule has 27 heteroatoms. The summed E-state index contributed by atoms with van der Waals surface area (Å²) in [5, 5.41) is 45.5. The maximum absolute atomic E-state index is 14.9. The quantitative estimate of drug-likeness (QED) is 0.0261. The number of aliphatic hydroxyl groups excluding tert-OH is 2. The lowest BCUT2D eigenvalue weighted by molar-refractivity contribution is -0.152. The highest BCUT2D eigenvalue weighted by Crippen LogP contribution is 2.41. The van der Waals surface area contributed by atoms with E-state index in [-0.39, 0.29) is 82.2 Å². The normalized spacial score (nSPS) is 23.4. The number of carboxylic acids is 1. The molecule has 18 N–H and O–H groups in total. The standard InChI is InChI=1S/C58H83N15O12/c59-39(15-7-19-64-57(60)61)49(77)67-40(16-8-20-65-58(62)63)53(81)71-21-9-18-43(71)54(82)72-29-38(75)27-44(72)51(79)66-28-46(76)69-47(36-22-31-10-1-2-11-32(31)23-36)52(80)68-41(30-74)50(78)70-48(37-24-33-12-3-4-13-34(33)25-37)55(83)73-42-17-6-5-14-35(42)26-45(73)56(84)85/h1-4,10-13,35-45,47-48,74-75H,5-9,14-30,59H2,(H,66,79)(H,67,77)(H,68,80)(H,69,76)(H,70,78)(H,84,85)(H4,60,61,64)(H4,62,63,65)/t35-,38+,39+,40-,41-,42-,43-,44-,45-,47-,48+/m0/s1. The molecule has 8 rings (SSSR count). The van der Waals surface area contributed by atoms with Gasteiger partial charge in [0.2, 0.25) is 47.3 Å². The molecule has 1 saturated carbocycles. The van der Waals surface area contributed by atoms with Gasteiger partial charge in [0, 0.05) is 38.6 Å². The van der Waals surface area contributed by atoms with E-state index in [0.29, 0.717) is 51.4 Å². The number of nitrogens with one attached hydrogen (secondary N) is 5. The highest BCUT2D eigenvalue weighted by molar-refractivity contribution is 5.98. The molecule has 8 amide bonds. The molecule has 85 heavy (non-hydrogen) atoms. The number of hydrogen-bond acceptors (Lipinski definition) is 14. The molecule has 2 aromatic rings. The van der Waals surface area contributed by atoms with Gasteiger partial charge in [-0.15, -0.1) is 0 Å². The summed E-state index contributed by atoms with van der Waals surface area (Å²) in [5.41, 5.74) is 31.8. The SMILES string of the molecule is NC(N)=NCCC[C@@H](N)C(=O)N[C@@H](CCCN=C(N)N)C(=O)N1CCC[C@H]1C(=O)N1C[C@H](O)C[C@H]1C(=O)NCC(=O)N[C@H](C(=O)N[C@@H](CO)C(=O)N[C@@H](C(=O)N1[C@H](C(=O)O)C[C@@H]2CCCC[C@@H]21)C1Cc2ccccc2C1)C1Cc2ccccc2C1. The monoisotopic (exact) mass is 1180 g/mol. The van der Waals surface area contributed by atoms with Crippen molar-refractivity contribution in [3.05, 3.63) is 70.8 Å². The van der Waals surface area contributed by atoms with Crippen LogP contribution in [-0.2, 0) is 68.8 Å². The third-order valence-corrected chi connectivity index (χ3v) is 17.7. The van der Waals surface area contributed by atoms with Gasteiger partial charge in [-0.25, -0.2) is 4.79 Å². The molecule has 0 bridgehead atoms. The summed E-state index contributed by atoms with van der Waals surface area (Å²) in [6.07, 6.45) is 5.21. The van der Waals surface area contributed by atoms with E-state index < -0.39 is 133 Å². The number of carboxylic acid groups (broad SMARTS) is 1. The number of carbonyl (C=O) groups is 9. The zero-order valence-electron chi connectivity index (χ0n) is 47.8. The van der Waals surface area contributed by atoms with Gasteiger partial charge < -0.3 is 85.3 Å². The molecule has 11 atom stereocenters. The van der Waals surface area contributed by atoms with Crippen LogP contribution in [0.2, 0.25) is 0 Å². The van der Waals surface area contributed by atoms with Gasteiger partial charge in [0.1, 0.15) is 42.3 Å². The van der Waals surface area contributed by atoms with Gasteiger partial charge in [0.25, 0.3) is 0 Å². The number of nitrogens with zero attached hydrogens (tertiary/aromatic N) is 5. The lowest BCUT2D eigenvalue weighted by atomic mass is 9.84. The summed E-state index contributed by atoms with van der Waals surface area (Å²) in [4.78, 5) is 139. The Morgan fingerprint density at radius 2 is 1.20 bits per heavy atom. The van der Waals surface area contributed by atoms with Crippen molar-refractivity contribution in [3.8, 4) is 0 Å². The molecule has 4 fully saturated rings. The molecular formula is C58H83N15O12. The minimum Gasteiger partial charge on any atom is -0.480 e. The predicted molar refractivity (Wildman–Crippen MR) is 310 cm³/mol. The van der Waals surface area contributed by atoms with Gasteiger partial charge in [-0.2, -0.15) is 0 Å². The summed E-state index contributed by atoms with van der Waals surface area (Å²) >= 11 is 0. The number of β-amino-alcohol motifs (C(OH)–C–C–N with tert-alkyl or cyclic N) is 1. The first-order chi connectivity index (χ1) is 40.7. The van der Waals surface area contributed by atoms with Crippen LogP contribution in [0.4, 0.5) is 0 Å². The predicted octanol–water partition coefficient (Wildman–Crippen LogP) is -3.50. The van der Waals surface area contributed by atoms with Gasteiger partial charge in [0.05, 0.1) is 25.3 Å². The molecular weight excluding hydrogens is 1100 g/mol. The molecule has 6 aliphatic rings. The molecule has 27 nitrogen and oxygen atoms in total. The van der Waals surface area contributed by atoms with E-state index in [4.69, 9.17) is 28.7 Å². The van der Waals surface area contributed by atoms with E-state index in [0.717, 1.165) is 41.5 Å². The molecule has 462 valence electrons. The molecule has 0 radical (unpaired) electrons. The van der Waals surface area contributed by atoms with Crippen LogP contribution < -0.4 is 55.3 Å². The highest BCUT2D eigenvalue weighted by atomic mass is 16.4. The van der Waals surface area contributed by atoms with E-state index in [1.165, 1.54) is 14.7 Å². The van der Waals surface area contributed by atoms with Crippen LogP contribution in [0.3, 0.4) is 0 Å². The molecule has 3 saturated heterocycles. The number of aliphatic hydroxyl groups is 2. The van der Waals surface area contributed by atoms with Crippen LogP contribution in [0.5, 0.6) is 0 Å². The lowest BCUT2D eigenvalue weighted by Gasteiger charge is -2.37. The number of likely N-dealkylation sites (tertiary alicyclic amines) is 3. The minimum absolute atomic E-state index is 0.0000370. The number of aliphatic carboxylic acids is 1. The first-order valence-corrected chi connectivity index (χ1v) is 29.7. The Bertz CT molecular complexity index is 2810. The summed E-state index contributed by atoms with van der Waals surface area (Å²) < 4.78 is 0. The third kappa shape index (κ3) is 15.5. The fourth-order valence-electron chi connectivity index (χ4n) is 13.5. The molecule has 0 unspecified atom stereocenters. The zero-order valence-corrected chi connectivity index (χ0v) is 47.8. The molecule has 3 heterocycles. The number of rotatable bonds is 25. The maximum atomic E-state index is 14.9. The number of guanidine groups is 2. The molecule has 0 aromatic heterocycles. The lowest BCUT2D eigenvalue weighted by Crippen LogP contribution is -2.62. The Kier molecular flexibility index (Phi) is 21.4. The number of carbonyl (C=O) groups excluding carboxylic acids is 8. The Hall–Kier alpha value is -7.91. The fraction of sp³-hybridized carbons (Fsp3) is 0.603. The molecule has 3 aliphatic heterocycles. The Balaban J connectivity index is 0.928. The van der Waals surface area contributed by atoms with Crippen LogP contribution in [-0.4, -0.2) is 195 Å². The van der Waals surface area contributed by atoms with Gasteiger partial charge in [-0.3, -0.25) is 48.3 Å². The van der Waals surface area contributed by atoms with Gasteiger partial charge in [0.15, 0.2) is 11.9 Å². The minimum atomic E-state index is -1.62. The van der Waals surface area contributed by atoms with Crippen LogP contribution in [0.15, 0.2) is 58.5 Å². The number of aliphatic imine (C=N–C) groups is 2. The maximum Gasteiger partial charge on any atom is 0.326 e. The van der Waals surface area contributed by atoms with E-state index in [1.807, 2.05) is 48.5 Å². The number of nitrogens with two attached hydrogens (primary N) is 5.